The van der Waals surface area contributed by atoms with Crippen LogP contribution in [0.5, 0.6) is 0 Å². The second kappa shape index (κ2) is 5.44. The first-order valence-corrected chi connectivity index (χ1v) is 10.9. The van der Waals surface area contributed by atoms with Crippen LogP contribution in [0.2, 0.25) is 0 Å². The normalized spacial score (nSPS) is 21.5. The Balaban J connectivity index is 2.81. The molecule has 0 saturated heterocycles. The molecule has 0 aromatic heterocycles. The number of halogens is 1. The molecule has 13 heavy (non-hydrogen) atoms. The van der Waals surface area contributed by atoms with Gasteiger partial charge in [0, 0.05) is 0 Å². The minimum absolute atomic E-state index is 0.564. The Morgan fingerprint density at radius 1 is 1.54 bits per heavy atom. The summed E-state index contributed by atoms with van der Waals surface area (Å²) in [5.74, 6) is 1.24. The fourth-order valence-corrected chi connectivity index (χ4v) is 8.72. The van der Waals surface area contributed by atoms with Crippen LogP contribution < -0.4 is 0 Å². The quantitative estimate of drug-likeness (QED) is 0.558. The van der Waals surface area contributed by atoms with Crippen LogP contribution in [0.4, 0.5) is 0 Å². The summed E-state index contributed by atoms with van der Waals surface area (Å²) < 4.78 is 2.91. The Morgan fingerprint density at radius 3 is 2.77 bits per heavy atom. The van der Waals surface area contributed by atoms with Crippen molar-refractivity contribution in [1.82, 2.24) is 0 Å². The molecule has 0 spiro atoms. The molecule has 2 heteroatoms. The molecule has 1 rings (SSSR count). The molecule has 0 atom stereocenters. The van der Waals surface area contributed by atoms with Gasteiger partial charge in [-0.15, -0.1) is 0 Å². The Morgan fingerprint density at radius 2 is 2.23 bits per heavy atom. The van der Waals surface area contributed by atoms with E-state index in [1.165, 1.54) is 20.2 Å². The number of allylic oxidation sites excluding steroid dienone is 4. The number of alkyl halides is 3. The average molecular weight is 310 g/mol. The van der Waals surface area contributed by atoms with Gasteiger partial charge in [0.2, 0.25) is 0 Å². The van der Waals surface area contributed by atoms with E-state index in [4.69, 9.17) is 0 Å². The number of rotatable bonds is 3. The second-order valence-electron chi connectivity index (χ2n) is 3.30. The molecular weight excluding hydrogens is 291 g/mol. The summed E-state index contributed by atoms with van der Waals surface area (Å²) in [7, 11) is 0. The molecule has 0 amide bonds. The number of hydrogen-bond acceptors (Lipinski definition) is 1. The first-order chi connectivity index (χ1) is 6.19. The molecule has 0 aromatic carbocycles. The molecule has 0 aromatic rings. The van der Waals surface area contributed by atoms with E-state index in [0.29, 0.717) is 0 Å². The maximum absolute atomic E-state index is 2.51. The fraction of sp³-hybridized carbons (Fsp3) is 0.636. The molecule has 0 radical (unpaired) electrons. The van der Waals surface area contributed by atoms with Crippen molar-refractivity contribution in [3.63, 3.8) is 0 Å². The van der Waals surface area contributed by atoms with Crippen LogP contribution in [0.15, 0.2) is 22.1 Å². The first-order valence-electron chi connectivity index (χ1n) is 4.69. The van der Waals surface area contributed by atoms with Gasteiger partial charge in [-0.3, -0.25) is 0 Å². The Kier molecular flexibility index (Phi) is 4.87. The minimum atomic E-state index is -0.564. The topological polar surface area (TPSA) is 0 Å². The third kappa shape index (κ3) is 3.01. The van der Waals surface area contributed by atoms with E-state index in [1.54, 1.807) is 10.5 Å². The summed E-state index contributed by atoms with van der Waals surface area (Å²) in [6.07, 6.45) is 2.26. The van der Waals surface area contributed by atoms with Crippen molar-refractivity contribution in [2.24, 2.45) is 0 Å². The van der Waals surface area contributed by atoms with E-state index < -0.39 is 19.8 Å². The van der Waals surface area contributed by atoms with E-state index >= 15 is 0 Å². The summed E-state index contributed by atoms with van der Waals surface area (Å²) >= 11 is 1.51. The zero-order chi connectivity index (χ0) is 9.84. The van der Waals surface area contributed by atoms with Gasteiger partial charge in [0.25, 0.3) is 0 Å². The van der Waals surface area contributed by atoms with Gasteiger partial charge in [0.1, 0.15) is 0 Å². The van der Waals surface area contributed by atoms with Crippen LogP contribution in [-0.2, 0) is 0 Å². The molecule has 0 N–H and O–H groups in total. The van der Waals surface area contributed by atoms with Crippen molar-refractivity contribution < 1.29 is 0 Å². The van der Waals surface area contributed by atoms with E-state index in [9.17, 15) is 0 Å². The zero-order valence-corrected chi connectivity index (χ0v) is 12.0. The molecule has 1 heterocycles. The van der Waals surface area contributed by atoms with Crippen LogP contribution in [0.3, 0.4) is 0 Å². The Bertz CT molecular complexity index is 240. The van der Waals surface area contributed by atoms with Gasteiger partial charge in [-0.2, -0.15) is 0 Å². The summed E-state index contributed by atoms with van der Waals surface area (Å²) in [5, 5.41) is 0. The molecule has 1 aliphatic rings. The summed E-state index contributed by atoms with van der Waals surface area (Å²) in [6, 6.07) is 0. The molecule has 1 aliphatic heterocycles. The number of hydrogen-bond donors (Lipinski definition) is 0. The van der Waals surface area contributed by atoms with Gasteiger partial charge in [0.15, 0.2) is 0 Å². The Labute approximate surface area is 93.6 Å². The summed E-state index contributed by atoms with van der Waals surface area (Å²) in [4.78, 5) is 4.22. The molecule has 76 valence electrons. The van der Waals surface area contributed by atoms with E-state index in [2.05, 4.69) is 43.5 Å². The second-order valence-corrected chi connectivity index (χ2v) is 10.3. The molecule has 0 nitrogen and oxygen atoms in total. The van der Waals surface area contributed by atoms with Crippen LogP contribution in [0.25, 0.3) is 0 Å². The van der Waals surface area contributed by atoms with Gasteiger partial charge in [-0.05, 0) is 0 Å². The molecule has 0 bridgehead atoms. The first kappa shape index (κ1) is 11.6. The molecule has 0 unspecified atom stereocenters. The third-order valence-electron chi connectivity index (χ3n) is 2.28. The third-order valence-corrected chi connectivity index (χ3v) is 7.95. The van der Waals surface area contributed by atoms with Gasteiger partial charge in [-0.25, -0.2) is 0 Å². The van der Waals surface area contributed by atoms with Gasteiger partial charge in [0.05, 0.1) is 0 Å². The monoisotopic (exact) mass is 310 g/mol. The predicted molar refractivity (Wildman–Crippen MR) is 74.3 cm³/mol. The van der Waals surface area contributed by atoms with Crippen molar-refractivity contribution in [3.8, 4) is 0 Å². The van der Waals surface area contributed by atoms with Crippen LogP contribution >= 0.6 is 31.6 Å². The molecule has 0 fully saturated rings. The van der Waals surface area contributed by atoms with Crippen molar-refractivity contribution in [1.29, 1.82) is 0 Å². The number of thioether (sulfide) groups is 1. The van der Waals surface area contributed by atoms with E-state index in [0.717, 1.165) is 0 Å². The van der Waals surface area contributed by atoms with Crippen molar-refractivity contribution >= 4 is 31.6 Å². The molecule has 0 saturated carbocycles. The van der Waals surface area contributed by atoms with Crippen molar-refractivity contribution in [2.75, 3.05) is 19.5 Å². The van der Waals surface area contributed by atoms with Gasteiger partial charge >= 0.3 is 94.0 Å². The predicted octanol–water partition coefficient (Wildman–Crippen LogP) is 4.11. The average Bonchev–Trinajstić information content (AvgIpc) is 2.46. The maximum atomic E-state index is 2.51. The van der Waals surface area contributed by atoms with Gasteiger partial charge < -0.3 is 0 Å². The molecular formula is C11H19IS. The van der Waals surface area contributed by atoms with E-state index in [-0.39, 0.29) is 0 Å². The van der Waals surface area contributed by atoms with Crippen molar-refractivity contribution in [2.45, 2.75) is 20.8 Å². The van der Waals surface area contributed by atoms with Crippen LogP contribution in [0, 0.1) is 0 Å². The standard InChI is InChI=1S/C11H19IS/c1-5-9(3)10-7-12(4)8-11(10)13-6-2/h5H,6-8H2,1-4H3/b9-5-. The van der Waals surface area contributed by atoms with Crippen molar-refractivity contribution in [3.05, 3.63) is 22.1 Å². The molecule has 0 aliphatic carbocycles. The summed E-state index contributed by atoms with van der Waals surface area (Å²) in [5.41, 5.74) is 3.22. The summed E-state index contributed by atoms with van der Waals surface area (Å²) in [6.45, 7) is 6.68. The SMILES string of the molecule is C/C=C(/C)C1=C(SCC)CI(C)C1. The fourth-order valence-electron chi connectivity index (χ4n) is 1.44. The zero-order valence-electron chi connectivity index (χ0n) is 8.98. The van der Waals surface area contributed by atoms with Gasteiger partial charge in [-0.1, -0.05) is 0 Å². The Hall–Kier alpha value is 0.560. The van der Waals surface area contributed by atoms with Crippen LogP contribution in [0.1, 0.15) is 20.8 Å². The van der Waals surface area contributed by atoms with Crippen LogP contribution in [-0.4, -0.2) is 19.5 Å². The van der Waals surface area contributed by atoms with E-state index in [1.807, 2.05) is 0 Å².